The van der Waals surface area contributed by atoms with E-state index in [1.807, 2.05) is 6.92 Å². The second-order valence-corrected chi connectivity index (χ2v) is 6.27. The first-order chi connectivity index (χ1) is 10.1. The van der Waals surface area contributed by atoms with Crippen LogP contribution in [-0.4, -0.2) is 34.9 Å². The molecular formula is C15H16FN3OS. The molecule has 21 heavy (non-hydrogen) atoms. The number of thiazole rings is 1. The Kier molecular flexibility index (Phi) is 3.73. The van der Waals surface area contributed by atoms with Crippen LogP contribution in [0.5, 0.6) is 0 Å². The molecule has 1 aromatic carbocycles. The third kappa shape index (κ3) is 2.45. The number of hydrogen-bond acceptors (Lipinski definition) is 4. The average molecular weight is 305 g/mol. The first kappa shape index (κ1) is 14.2. The molecule has 0 bridgehead atoms. The topological polar surface area (TPSA) is 59.2 Å². The average Bonchev–Trinajstić information content (AvgIpc) is 2.80. The zero-order valence-corrected chi connectivity index (χ0v) is 12.5. The predicted molar refractivity (Wildman–Crippen MR) is 80.7 cm³/mol. The summed E-state index contributed by atoms with van der Waals surface area (Å²) in [4.78, 5) is 19.2. The summed E-state index contributed by atoms with van der Waals surface area (Å²) in [5, 5.41) is 0.751. The molecule has 1 aromatic heterocycles. The van der Waals surface area contributed by atoms with Crippen LogP contribution in [0.3, 0.4) is 0 Å². The van der Waals surface area contributed by atoms with Gasteiger partial charge in [0.25, 0.3) is 5.91 Å². The van der Waals surface area contributed by atoms with E-state index >= 15 is 0 Å². The van der Waals surface area contributed by atoms with Crippen LogP contribution in [0, 0.1) is 12.7 Å². The highest BCUT2D eigenvalue weighted by Crippen LogP contribution is 2.34. The Morgan fingerprint density at radius 2 is 2.29 bits per heavy atom. The Balaban J connectivity index is 2.01. The van der Waals surface area contributed by atoms with Gasteiger partial charge in [0.2, 0.25) is 0 Å². The lowest BCUT2D eigenvalue weighted by Gasteiger charge is -2.40. The van der Waals surface area contributed by atoms with E-state index in [-0.39, 0.29) is 17.8 Å². The maximum absolute atomic E-state index is 14.0. The van der Waals surface area contributed by atoms with Gasteiger partial charge in [-0.1, -0.05) is 18.2 Å². The van der Waals surface area contributed by atoms with Crippen LogP contribution >= 0.6 is 11.3 Å². The number of nitrogens with zero attached hydrogens (tertiary/aromatic N) is 2. The molecule has 4 nitrogen and oxygen atoms in total. The molecule has 110 valence electrons. The molecule has 1 saturated heterocycles. The maximum Gasteiger partial charge on any atom is 0.274 e. The lowest BCUT2D eigenvalue weighted by Crippen LogP contribution is -2.54. The molecule has 2 aromatic rings. The molecule has 2 heterocycles. The van der Waals surface area contributed by atoms with Gasteiger partial charge in [0.1, 0.15) is 11.5 Å². The molecule has 0 aliphatic carbocycles. The van der Waals surface area contributed by atoms with Gasteiger partial charge in [-0.25, -0.2) is 9.37 Å². The van der Waals surface area contributed by atoms with E-state index in [0.717, 1.165) is 11.4 Å². The highest BCUT2D eigenvalue weighted by atomic mass is 32.1. The van der Waals surface area contributed by atoms with Gasteiger partial charge in [-0.2, -0.15) is 0 Å². The summed E-state index contributed by atoms with van der Waals surface area (Å²) in [7, 11) is 0. The zero-order chi connectivity index (χ0) is 15.0. The van der Waals surface area contributed by atoms with Gasteiger partial charge in [-0.15, -0.1) is 11.3 Å². The predicted octanol–water partition coefficient (Wildman–Crippen LogP) is 2.43. The standard InChI is InChI=1S/C15H16FN3OS/c1-9-18-13(15(20)19-7-6-10(19)8-17)14(21-9)11-4-2-3-5-12(11)16/h2-5,10H,6-8,17H2,1H3. The number of carbonyl (C=O) groups excluding carboxylic acids is 1. The highest BCUT2D eigenvalue weighted by molar-refractivity contribution is 7.15. The zero-order valence-electron chi connectivity index (χ0n) is 11.7. The molecule has 0 spiro atoms. The van der Waals surface area contributed by atoms with Gasteiger partial charge >= 0.3 is 0 Å². The van der Waals surface area contributed by atoms with Gasteiger partial charge in [0.15, 0.2) is 0 Å². The second kappa shape index (κ2) is 5.54. The highest BCUT2D eigenvalue weighted by Gasteiger charge is 2.34. The van der Waals surface area contributed by atoms with Crippen LogP contribution in [0.15, 0.2) is 24.3 Å². The van der Waals surface area contributed by atoms with E-state index in [0.29, 0.717) is 29.2 Å². The maximum atomic E-state index is 14.0. The number of likely N-dealkylation sites (tertiary alicyclic amines) is 1. The minimum absolute atomic E-state index is 0.0768. The van der Waals surface area contributed by atoms with E-state index in [1.165, 1.54) is 17.4 Å². The van der Waals surface area contributed by atoms with Crippen molar-refractivity contribution >= 4 is 17.2 Å². The lowest BCUT2D eigenvalue weighted by molar-refractivity contribution is 0.0477. The summed E-state index contributed by atoms with van der Waals surface area (Å²) in [6, 6.07) is 6.54. The van der Waals surface area contributed by atoms with Gasteiger partial charge in [0, 0.05) is 24.7 Å². The van der Waals surface area contributed by atoms with Crippen LogP contribution in [0.25, 0.3) is 10.4 Å². The van der Waals surface area contributed by atoms with Crippen molar-refractivity contribution in [2.45, 2.75) is 19.4 Å². The first-order valence-electron chi connectivity index (χ1n) is 6.85. The number of aryl methyl sites for hydroxylation is 1. The van der Waals surface area contributed by atoms with E-state index < -0.39 is 0 Å². The molecule has 1 amide bonds. The van der Waals surface area contributed by atoms with Crippen molar-refractivity contribution in [3.05, 3.63) is 40.8 Å². The molecule has 0 saturated carbocycles. The molecule has 1 fully saturated rings. The Morgan fingerprint density at radius 3 is 2.90 bits per heavy atom. The van der Waals surface area contributed by atoms with Crippen LogP contribution in [0.1, 0.15) is 21.9 Å². The first-order valence-corrected chi connectivity index (χ1v) is 7.67. The summed E-state index contributed by atoms with van der Waals surface area (Å²) in [6.07, 6.45) is 0.917. The summed E-state index contributed by atoms with van der Waals surface area (Å²) >= 11 is 1.34. The Labute approximate surface area is 126 Å². The number of halogens is 1. The largest absolute Gasteiger partial charge is 0.333 e. The fraction of sp³-hybridized carbons (Fsp3) is 0.333. The minimum Gasteiger partial charge on any atom is -0.333 e. The summed E-state index contributed by atoms with van der Waals surface area (Å²) in [5.74, 6) is -0.492. The van der Waals surface area contributed by atoms with E-state index in [1.54, 1.807) is 23.1 Å². The van der Waals surface area contributed by atoms with E-state index in [4.69, 9.17) is 5.73 Å². The van der Waals surface area contributed by atoms with Gasteiger partial charge in [-0.3, -0.25) is 4.79 Å². The summed E-state index contributed by atoms with van der Waals surface area (Å²) < 4.78 is 14.0. The van der Waals surface area contributed by atoms with Crippen LogP contribution in [0.4, 0.5) is 4.39 Å². The normalized spacial score (nSPS) is 17.7. The van der Waals surface area contributed by atoms with Crippen molar-refractivity contribution in [1.29, 1.82) is 0 Å². The number of nitrogens with two attached hydrogens (primary N) is 1. The Bertz CT molecular complexity index is 683. The lowest BCUT2D eigenvalue weighted by atomic mass is 10.0. The number of aromatic nitrogens is 1. The van der Waals surface area contributed by atoms with Crippen molar-refractivity contribution in [3.63, 3.8) is 0 Å². The molecular weight excluding hydrogens is 289 g/mol. The quantitative estimate of drug-likeness (QED) is 0.947. The molecule has 1 atom stereocenters. The number of rotatable bonds is 3. The molecule has 2 N–H and O–H groups in total. The molecule has 3 rings (SSSR count). The number of benzene rings is 1. The monoisotopic (exact) mass is 305 g/mol. The summed E-state index contributed by atoms with van der Waals surface area (Å²) in [5.41, 5.74) is 6.41. The fourth-order valence-corrected chi connectivity index (χ4v) is 3.43. The number of hydrogen-bond donors (Lipinski definition) is 1. The third-order valence-corrected chi connectivity index (χ3v) is 4.74. The minimum atomic E-state index is -0.339. The molecule has 1 unspecified atom stereocenters. The number of carbonyl (C=O) groups is 1. The van der Waals surface area contributed by atoms with Gasteiger partial charge in [-0.05, 0) is 19.4 Å². The SMILES string of the molecule is Cc1nc(C(=O)N2CCC2CN)c(-c2ccccc2F)s1. The fourth-order valence-electron chi connectivity index (χ4n) is 2.49. The molecule has 1 aliphatic heterocycles. The Morgan fingerprint density at radius 1 is 1.52 bits per heavy atom. The van der Waals surface area contributed by atoms with Gasteiger partial charge < -0.3 is 10.6 Å². The molecule has 0 radical (unpaired) electrons. The third-order valence-electron chi connectivity index (χ3n) is 3.73. The van der Waals surface area contributed by atoms with Crippen molar-refractivity contribution in [3.8, 4) is 10.4 Å². The van der Waals surface area contributed by atoms with Crippen molar-refractivity contribution in [2.24, 2.45) is 5.73 Å². The van der Waals surface area contributed by atoms with Crippen LogP contribution in [-0.2, 0) is 0 Å². The van der Waals surface area contributed by atoms with Crippen LogP contribution < -0.4 is 5.73 Å². The van der Waals surface area contributed by atoms with E-state index in [9.17, 15) is 9.18 Å². The summed E-state index contributed by atoms with van der Waals surface area (Å²) in [6.45, 7) is 2.96. The second-order valence-electron chi connectivity index (χ2n) is 5.07. The van der Waals surface area contributed by atoms with Gasteiger partial charge in [0.05, 0.1) is 9.88 Å². The van der Waals surface area contributed by atoms with E-state index in [2.05, 4.69) is 4.98 Å². The Hall–Kier alpha value is -1.79. The van der Waals surface area contributed by atoms with Crippen LogP contribution in [0.2, 0.25) is 0 Å². The molecule has 6 heteroatoms. The van der Waals surface area contributed by atoms with Crippen molar-refractivity contribution in [1.82, 2.24) is 9.88 Å². The smallest absolute Gasteiger partial charge is 0.274 e. The molecule has 1 aliphatic rings. The van der Waals surface area contributed by atoms with Crippen molar-refractivity contribution in [2.75, 3.05) is 13.1 Å². The van der Waals surface area contributed by atoms with Crippen molar-refractivity contribution < 1.29 is 9.18 Å². The number of amides is 1.